The van der Waals surface area contributed by atoms with Gasteiger partial charge in [-0.15, -0.1) is 11.3 Å². The Labute approximate surface area is 189 Å². The number of amides is 1. The molecule has 1 amide bonds. The van der Waals surface area contributed by atoms with E-state index in [4.69, 9.17) is 4.74 Å². The molecule has 32 heavy (non-hydrogen) atoms. The van der Waals surface area contributed by atoms with Gasteiger partial charge in [0.2, 0.25) is 0 Å². The second kappa shape index (κ2) is 9.12. The van der Waals surface area contributed by atoms with Gasteiger partial charge in [0.15, 0.2) is 5.88 Å². The van der Waals surface area contributed by atoms with Gasteiger partial charge in [0.05, 0.1) is 31.0 Å². The Morgan fingerprint density at radius 2 is 2.09 bits per heavy atom. The van der Waals surface area contributed by atoms with E-state index >= 15 is 0 Å². The zero-order valence-electron chi connectivity index (χ0n) is 17.5. The molecule has 1 fully saturated rings. The van der Waals surface area contributed by atoms with Crippen LogP contribution in [0, 0.1) is 0 Å². The molecule has 0 atom stereocenters. The quantitative estimate of drug-likeness (QED) is 0.418. The second-order valence-electron chi connectivity index (χ2n) is 7.81. The number of H-pyrrole nitrogens is 1. The number of aromatic hydroxyl groups is 1. The van der Waals surface area contributed by atoms with Crippen LogP contribution in [0.5, 0.6) is 5.88 Å². The van der Waals surface area contributed by atoms with Crippen LogP contribution in [-0.2, 0) is 17.8 Å². The normalized spacial score (nSPS) is 14.6. The van der Waals surface area contributed by atoms with E-state index in [0.29, 0.717) is 23.4 Å². The monoisotopic (exact) mass is 448 g/mol. The largest absolute Gasteiger partial charge is 0.494 e. The first-order valence-corrected chi connectivity index (χ1v) is 11.5. The van der Waals surface area contributed by atoms with Crippen LogP contribution in [0.25, 0.3) is 22.2 Å². The highest BCUT2D eigenvalue weighted by atomic mass is 32.1. The van der Waals surface area contributed by atoms with Gasteiger partial charge in [-0.3, -0.25) is 14.7 Å². The van der Waals surface area contributed by atoms with Crippen molar-refractivity contribution in [1.82, 2.24) is 20.2 Å². The predicted octanol–water partition coefficient (Wildman–Crippen LogP) is 3.76. The average Bonchev–Trinajstić information content (AvgIpc) is 3.45. The van der Waals surface area contributed by atoms with E-state index in [0.717, 1.165) is 54.2 Å². The summed E-state index contributed by atoms with van der Waals surface area (Å²) >= 11 is 1.61. The van der Waals surface area contributed by atoms with Crippen molar-refractivity contribution in [2.45, 2.75) is 13.1 Å². The van der Waals surface area contributed by atoms with Gasteiger partial charge in [0, 0.05) is 47.2 Å². The van der Waals surface area contributed by atoms with Crippen molar-refractivity contribution in [3.8, 4) is 17.1 Å². The summed E-state index contributed by atoms with van der Waals surface area (Å²) in [6.07, 6.45) is 1.85. The number of morpholine rings is 1. The molecule has 4 heterocycles. The third kappa shape index (κ3) is 4.38. The molecule has 7 nitrogen and oxygen atoms in total. The van der Waals surface area contributed by atoms with Crippen LogP contribution in [0.1, 0.15) is 20.8 Å². The first-order chi connectivity index (χ1) is 15.7. The SMILES string of the molecule is O=C(NCc1cccs1)c1ccc2[nH]c(O)c(-c3ccc(CN4CCOCC4)cn3)c2c1. The number of carbonyl (C=O) groups excluding carboxylic acids is 1. The minimum absolute atomic E-state index is 0.0459. The Bertz CT molecular complexity index is 1210. The van der Waals surface area contributed by atoms with Crippen LogP contribution < -0.4 is 5.32 Å². The van der Waals surface area contributed by atoms with Crippen molar-refractivity contribution in [3.63, 3.8) is 0 Å². The molecule has 1 saturated heterocycles. The van der Waals surface area contributed by atoms with Crippen molar-refractivity contribution < 1.29 is 14.6 Å². The van der Waals surface area contributed by atoms with Crippen LogP contribution >= 0.6 is 11.3 Å². The highest BCUT2D eigenvalue weighted by Gasteiger charge is 2.17. The molecule has 0 radical (unpaired) electrons. The molecule has 0 unspecified atom stereocenters. The first kappa shape index (κ1) is 20.7. The zero-order valence-corrected chi connectivity index (χ0v) is 18.3. The first-order valence-electron chi connectivity index (χ1n) is 10.6. The van der Waals surface area contributed by atoms with E-state index < -0.39 is 0 Å². The molecule has 4 aromatic rings. The minimum Gasteiger partial charge on any atom is -0.494 e. The van der Waals surface area contributed by atoms with Gasteiger partial charge >= 0.3 is 0 Å². The standard InChI is InChI=1S/C24H24N4O3S/c29-23(26-14-18-2-1-11-32-18)17-4-6-20-19(12-17)22(24(30)27-20)21-5-3-16(13-25-21)15-28-7-9-31-10-8-28/h1-6,11-13,27,30H,7-10,14-15H2,(H,26,29). The van der Waals surface area contributed by atoms with Gasteiger partial charge in [-0.1, -0.05) is 12.1 Å². The molecule has 0 spiro atoms. The highest BCUT2D eigenvalue weighted by Crippen LogP contribution is 2.36. The minimum atomic E-state index is -0.152. The Balaban J connectivity index is 1.37. The lowest BCUT2D eigenvalue weighted by Crippen LogP contribution is -2.35. The maximum atomic E-state index is 12.7. The Morgan fingerprint density at radius 3 is 2.84 bits per heavy atom. The van der Waals surface area contributed by atoms with Gasteiger partial charge in [-0.25, -0.2) is 0 Å². The summed E-state index contributed by atoms with van der Waals surface area (Å²) in [6, 6.07) is 13.3. The molecule has 1 aromatic carbocycles. The highest BCUT2D eigenvalue weighted by molar-refractivity contribution is 7.09. The smallest absolute Gasteiger partial charge is 0.251 e. The number of nitrogens with zero attached hydrogens (tertiary/aromatic N) is 2. The number of hydrogen-bond donors (Lipinski definition) is 3. The number of hydrogen-bond acceptors (Lipinski definition) is 6. The molecular formula is C24H24N4O3S. The molecule has 3 N–H and O–H groups in total. The zero-order chi connectivity index (χ0) is 21.9. The van der Waals surface area contributed by atoms with E-state index in [1.165, 1.54) is 0 Å². The van der Waals surface area contributed by atoms with E-state index in [1.807, 2.05) is 41.9 Å². The second-order valence-corrected chi connectivity index (χ2v) is 8.84. The third-order valence-electron chi connectivity index (χ3n) is 5.64. The van der Waals surface area contributed by atoms with Crippen molar-refractivity contribution in [3.05, 3.63) is 70.0 Å². The van der Waals surface area contributed by atoms with Crippen LogP contribution in [-0.4, -0.2) is 52.2 Å². The molecule has 8 heteroatoms. The van der Waals surface area contributed by atoms with Gasteiger partial charge in [0.25, 0.3) is 5.91 Å². The van der Waals surface area contributed by atoms with E-state index in [1.54, 1.807) is 23.5 Å². The van der Waals surface area contributed by atoms with Gasteiger partial charge < -0.3 is 20.1 Å². The maximum Gasteiger partial charge on any atom is 0.251 e. The number of aromatic nitrogens is 2. The topological polar surface area (TPSA) is 90.5 Å². The fourth-order valence-corrected chi connectivity index (χ4v) is 4.59. The number of rotatable bonds is 6. The lowest BCUT2D eigenvalue weighted by molar-refractivity contribution is 0.0341. The Kier molecular flexibility index (Phi) is 5.89. The summed E-state index contributed by atoms with van der Waals surface area (Å²) in [5, 5.41) is 16.3. The van der Waals surface area contributed by atoms with Crippen LogP contribution in [0.15, 0.2) is 54.0 Å². The van der Waals surface area contributed by atoms with E-state index in [-0.39, 0.29) is 11.8 Å². The predicted molar refractivity (Wildman–Crippen MR) is 125 cm³/mol. The summed E-state index contributed by atoms with van der Waals surface area (Å²) < 4.78 is 5.40. The van der Waals surface area contributed by atoms with Gasteiger partial charge in [-0.05, 0) is 41.3 Å². The molecule has 1 aliphatic heterocycles. The van der Waals surface area contributed by atoms with Crippen molar-refractivity contribution >= 4 is 28.1 Å². The van der Waals surface area contributed by atoms with Crippen LogP contribution in [0.4, 0.5) is 0 Å². The number of thiophene rings is 1. The summed E-state index contributed by atoms with van der Waals surface area (Å²) in [5.74, 6) is -0.106. The summed E-state index contributed by atoms with van der Waals surface area (Å²) in [4.78, 5) is 23.7. The fourth-order valence-electron chi connectivity index (χ4n) is 3.94. The fraction of sp³-hybridized carbons (Fsp3) is 0.250. The van der Waals surface area contributed by atoms with Crippen molar-refractivity contribution in [2.75, 3.05) is 26.3 Å². The summed E-state index contributed by atoms with van der Waals surface area (Å²) in [7, 11) is 0. The van der Waals surface area contributed by atoms with E-state index in [2.05, 4.69) is 20.2 Å². The van der Waals surface area contributed by atoms with Crippen LogP contribution in [0.2, 0.25) is 0 Å². The molecule has 0 aliphatic carbocycles. The molecule has 3 aromatic heterocycles. The Hall–Kier alpha value is -3.20. The van der Waals surface area contributed by atoms with Crippen LogP contribution in [0.3, 0.4) is 0 Å². The maximum absolute atomic E-state index is 12.7. The molecular weight excluding hydrogens is 424 g/mol. The van der Waals surface area contributed by atoms with Crippen molar-refractivity contribution in [1.29, 1.82) is 0 Å². The number of fused-ring (bicyclic) bond motifs is 1. The summed E-state index contributed by atoms with van der Waals surface area (Å²) in [6.45, 7) is 4.68. The number of pyridine rings is 1. The third-order valence-corrected chi connectivity index (χ3v) is 6.51. The molecule has 0 saturated carbocycles. The number of nitrogens with one attached hydrogen (secondary N) is 2. The molecule has 164 valence electrons. The average molecular weight is 449 g/mol. The van der Waals surface area contributed by atoms with Gasteiger partial charge in [0.1, 0.15) is 0 Å². The molecule has 0 bridgehead atoms. The number of aromatic amines is 1. The lowest BCUT2D eigenvalue weighted by atomic mass is 10.1. The lowest BCUT2D eigenvalue weighted by Gasteiger charge is -2.26. The summed E-state index contributed by atoms with van der Waals surface area (Å²) in [5.41, 5.74) is 3.68. The molecule has 5 rings (SSSR count). The number of carbonyl (C=O) groups is 1. The van der Waals surface area contributed by atoms with Gasteiger partial charge in [-0.2, -0.15) is 0 Å². The number of ether oxygens (including phenoxy) is 1. The molecule has 1 aliphatic rings. The van der Waals surface area contributed by atoms with Crippen molar-refractivity contribution in [2.24, 2.45) is 0 Å². The Morgan fingerprint density at radius 1 is 1.22 bits per heavy atom. The van der Waals surface area contributed by atoms with E-state index in [9.17, 15) is 9.90 Å². The number of benzene rings is 1.